The number of carbonyl (C=O) groups excluding carboxylic acids is 1. The normalized spacial score (nSPS) is 17.4. The number of piperazine rings is 1. The molecule has 152 valence electrons. The zero-order valence-electron chi connectivity index (χ0n) is 17.1. The Morgan fingerprint density at radius 2 is 1.83 bits per heavy atom. The van der Waals surface area contributed by atoms with E-state index in [1.807, 2.05) is 4.90 Å². The van der Waals surface area contributed by atoms with E-state index in [0.29, 0.717) is 26.3 Å². The SMILES string of the molecule is Cc1cccc(N2CCN(C(=O)Nc3c4c(cc5c3OCC5)OCC4)CC2)c1C. The highest BCUT2D eigenvalue weighted by Crippen LogP contribution is 2.44. The van der Waals surface area contributed by atoms with E-state index < -0.39 is 0 Å². The number of ether oxygens (including phenoxy) is 2. The average molecular weight is 393 g/mol. The minimum Gasteiger partial charge on any atom is -0.493 e. The summed E-state index contributed by atoms with van der Waals surface area (Å²) in [6, 6.07) is 8.44. The van der Waals surface area contributed by atoms with E-state index in [-0.39, 0.29) is 6.03 Å². The van der Waals surface area contributed by atoms with Crippen molar-refractivity contribution in [2.24, 2.45) is 0 Å². The quantitative estimate of drug-likeness (QED) is 0.848. The second kappa shape index (κ2) is 7.17. The van der Waals surface area contributed by atoms with Crippen LogP contribution in [0.4, 0.5) is 16.2 Å². The van der Waals surface area contributed by atoms with Crippen molar-refractivity contribution < 1.29 is 14.3 Å². The van der Waals surface area contributed by atoms with Crippen LogP contribution in [0.5, 0.6) is 11.5 Å². The Labute approximate surface area is 171 Å². The van der Waals surface area contributed by atoms with E-state index >= 15 is 0 Å². The predicted molar refractivity (Wildman–Crippen MR) is 114 cm³/mol. The molecule has 2 amide bonds. The van der Waals surface area contributed by atoms with Gasteiger partial charge < -0.3 is 24.6 Å². The van der Waals surface area contributed by atoms with Gasteiger partial charge in [-0.3, -0.25) is 0 Å². The van der Waals surface area contributed by atoms with Gasteiger partial charge in [-0.1, -0.05) is 12.1 Å². The van der Waals surface area contributed by atoms with Crippen LogP contribution in [0.3, 0.4) is 0 Å². The molecule has 3 heterocycles. The predicted octanol–water partition coefficient (Wildman–Crippen LogP) is 3.53. The molecule has 5 rings (SSSR count). The number of benzene rings is 2. The van der Waals surface area contributed by atoms with Crippen LogP contribution in [-0.4, -0.2) is 50.3 Å². The highest BCUT2D eigenvalue weighted by molar-refractivity contribution is 5.93. The fraction of sp³-hybridized carbons (Fsp3) is 0.435. The van der Waals surface area contributed by atoms with Crippen LogP contribution in [-0.2, 0) is 12.8 Å². The van der Waals surface area contributed by atoms with Crippen molar-refractivity contribution in [1.29, 1.82) is 0 Å². The smallest absolute Gasteiger partial charge is 0.322 e. The van der Waals surface area contributed by atoms with Gasteiger partial charge in [0, 0.05) is 55.8 Å². The summed E-state index contributed by atoms with van der Waals surface area (Å²) in [6.45, 7) is 8.71. The molecule has 0 atom stereocenters. The summed E-state index contributed by atoms with van der Waals surface area (Å²) < 4.78 is 11.6. The number of anilines is 2. The van der Waals surface area contributed by atoms with Gasteiger partial charge in [0.1, 0.15) is 11.5 Å². The Kier molecular flexibility index (Phi) is 4.49. The maximum absolute atomic E-state index is 13.0. The minimum absolute atomic E-state index is 0.0522. The van der Waals surface area contributed by atoms with Gasteiger partial charge in [0.25, 0.3) is 0 Å². The molecule has 1 N–H and O–H groups in total. The highest BCUT2D eigenvalue weighted by atomic mass is 16.5. The van der Waals surface area contributed by atoms with E-state index in [9.17, 15) is 4.79 Å². The maximum Gasteiger partial charge on any atom is 0.322 e. The monoisotopic (exact) mass is 393 g/mol. The summed E-state index contributed by atoms with van der Waals surface area (Å²) in [5.41, 5.74) is 6.90. The Hall–Kier alpha value is -2.89. The van der Waals surface area contributed by atoms with Crippen molar-refractivity contribution in [3.05, 3.63) is 46.5 Å². The molecule has 2 aromatic rings. The molecule has 0 spiro atoms. The maximum atomic E-state index is 13.0. The van der Waals surface area contributed by atoms with Crippen molar-refractivity contribution in [3.8, 4) is 11.5 Å². The van der Waals surface area contributed by atoms with Crippen LogP contribution in [0.15, 0.2) is 24.3 Å². The summed E-state index contributed by atoms with van der Waals surface area (Å²) >= 11 is 0. The Morgan fingerprint density at radius 3 is 2.66 bits per heavy atom. The van der Waals surface area contributed by atoms with Crippen molar-refractivity contribution >= 4 is 17.4 Å². The van der Waals surface area contributed by atoms with Crippen molar-refractivity contribution in [1.82, 2.24) is 4.90 Å². The minimum atomic E-state index is -0.0522. The van der Waals surface area contributed by atoms with Gasteiger partial charge in [0.2, 0.25) is 0 Å². The van der Waals surface area contributed by atoms with E-state index in [1.54, 1.807) is 0 Å². The van der Waals surface area contributed by atoms with Crippen LogP contribution < -0.4 is 19.7 Å². The molecule has 0 saturated carbocycles. The lowest BCUT2D eigenvalue weighted by Gasteiger charge is -2.37. The summed E-state index contributed by atoms with van der Waals surface area (Å²) in [5.74, 6) is 1.72. The first-order chi connectivity index (χ1) is 14.1. The first-order valence-electron chi connectivity index (χ1n) is 10.4. The van der Waals surface area contributed by atoms with Crippen LogP contribution in [0.1, 0.15) is 22.3 Å². The largest absolute Gasteiger partial charge is 0.493 e. The van der Waals surface area contributed by atoms with E-state index in [4.69, 9.17) is 9.47 Å². The van der Waals surface area contributed by atoms with Crippen molar-refractivity contribution in [2.45, 2.75) is 26.7 Å². The van der Waals surface area contributed by atoms with Crippen LogP contribution in [0, 0.1) is 13.8 Å². The summed E-state index contributed by atoms with van der Waals surface area (Å²) in [6.07, 6.45) is 1.67. The first-order valence-corrected chi connectivity index (χ1v) is 10.4. The molecule has 3 aliphatic heterocycles. The molecule has 1 saturated heterocycles. The average Bonchev–Trinajstić information content (AvgIpc) is 3.39. The molecule has 0 unspecified atom stereocenters. The van der Waals surface area contributed by atoms with Crippen LogP contribution in [0.2, 0.25) is 0 Å². The Morgan fingerprint density at radius 1 is 1.03 bits per heavy atom. The fourth-order valence-corrected chi connectivity index (χ4v) is 4.53. The van der Waals surface area contributed by atoms with Crippen molar-refractivity contribution in [2.75, 3.05) is 49.6 Å². The standard InChI is InChI=1S/C23H27N3O3/c1-15-4-3-5-19(16(15)2)25-8-10-26(11-9-25)23(27)24-21-18-7-13-28-20(18)14-17-6-12-29-22(17)21/h3-5,14H,6-13H2,1-2H3,(H,24,27). The number of hydrogen-bond acceptors (Lipinski definition) is 4. The topological polar surface area (TPSA) is 54.0 Å². The molecule has 6 heteroatoms. The molecule has 2 aromatic carbocycles. The third-order valence-electron chi connectivity index (χ3n) is 6.37. The highest BCUT2D eigenvalue weighted by Gasteiger charge is 2.29. The zero-order chi connectivity index (χ0) is 20.0. The number of amides is 2. The second-order valence-electron chi connectivity index (χ2n) is 8.04. The van der Waals surface area contributed by atoms with Gasteiger partial charge in [-0.25, -0.2) is 4.79 Å². The lowest BCUT2D eigenvalue weighted by molar-refractivity contribution is 0.208. The number of hydrogen-bond donors (Lipinski definition) is 1. The van der Waals surface area contributed by atoms with E-state index in [0.717, 1.165) is 54.2 Å². The van der Waals surface area contributed by atoms with Crippen molar-refractivity contribution in [3.63, 3.8) is 0 Å². The Bertz CT molecular complexity index is 932. The lowest BCUT2D eigenvalue weighted by Crippen LogP contribution is -2.50. The molecule has 3 aliphatic rings. The molecule has 1 fully saturated rings. The van der Waals surface area contributed by atoms with E-state index in [1.165, 1.54) is 16.8 Å². The van der Waals surface area contributed by atoms with Gasteiger partial charge in [-0.2, -0.15) is 0 Å². The summed E-state index contributed by atoms with van der Waals surface area (Å²) in [4.78, 5) is 17.3. The summed E-state index contributed by atoms with van der Waals surface area (Å²) in [7, 11) is 0. The molecule has 29 heavy (non-hydrogen) atoms. The summed E-state index contributed by atoms with van der Waals surface area (Å²) in [5, 5.41) is 3.15. The third kappa shape index (κ3) is 3.16. The molecule has 0 bridgehead atoms. The molecule has 0 aliphatic carbocycles. The number of rotatable bonds is 2. The Balaban J connectivity index is 1.30. The van der Waals surface area contributed by atoms with Gasteiger partial charge in [-0.15, -0.1) is 0 Å². The number of nitrogens with one attached hydrogen (secondary N) is 1. The molecule has 6 nitrogen and oxygen atoms in total. The molecular weight excluding hydrogens is 366 g/mol. The molecule has 0 radical (unpaired) electrons. The third-order valence-corrected chi connectivity index (χ3v) is 6.37. The first kappa shape index (κ1) is 18.2. The van der Waals surface area contributed by atoms with Gasteiger partial charge >= 0.3 is 6.03 Å². The van der Waals surface area contributed by atoms with Crippen LogP contribution in [0.25, 0.3) is 0 Å². The van der Waals surface area contributed by atoms with Gasteiger partial charge in [0.15, 0.2) is 0 Å². The number of fused-ring (bicyclic) bond motifs is 2. The number of urea groups is 1. The molecular formula is C23H27N3O3. The van der Waals surface area contributed by atoms with Gasteiger partial charge in [0.05, 0.1) is 18.9 Å². The fourth-order valence-electron chi connectivity index (χ4n) is 4.53. The number of carbonyl (C=O) groups is 1. The zero-order valence-corrected chi connectivity index (χ0v) is 17.1. The number of nitrogens with zero attached hydrogens (tertiary/aromatic N) is 2. The lowest BCUT2D eigenvalue weighted by atomic mass is 10.0. The molecule has 0 aromatic heterocycles. The second-order valence-corrected chi connectivity index (χ2v) is 8.04. The van der Waals surface area contributed by atoms with Gasteiger partial charge in [-0.05, 0) is 37.1 Å². The van der Waals surface area contributed by atoms with E-state index in [2.05, 4.69) is 48.3 Å². The number of aryl methyl sites for hydroxylation is 1. The van der Waals surface area contributed by atoms with Crippen LogP contribution >= 0.6 is 0 Å².